The lowest BCUT2D eigenvalue weighted by molar-refractivity contribution is 0.171. The van der Waals surface area contributed by atoms with Crippen LogP contribution in [0.4, 0.5) is 4.39 Å². The van der Waals surface area contributed by atoms with Crippen LogP contribution in [0.15, 0.2) is 36.4 Å². The molecule has 122 valence electrons. The summed E-state index contributed by atoms with van der Waals surface area (Å²) < 4.78 is 24.0. The van der Waals surface area contributed by atoms with E-state index in [1.807, 2.05) is 6.07 Å². The minimum Gasteiger partial charge on any atom is -0.486 e. The van der Waals surface area contributed by atoms with Crippen molar-refractivity contribution >= 4 is 11.6 Å². The zero-order valence-electron chi connectivity index (χ0n) is 12.4. The van der Waals surface area contributed by atoms with Crippen molar-refractivity contribution in [3.05, 3.63) is 52.8 Å². The molecule has 1 aromatic heterocycles. The molecule has 1 aliphatic rings. The van der Waals surface area contributed by atoms with Crippen molar-refractivity contribution in [3.63, 3.8) is 0 Å². The fourth-order valence-electron chi connectivity index (χ4n) is 2.44. The SMILES string of the molecule is Fc1ccc(-c2nnn(Cc3cc(Cl)c4c(c3)OCCO4)n2)cc1. The molecule has 0 radical (unpaired) electrons. The second kappa shape index (κ2) is 6.09. The number of benzene rings is 2. The molecule has 0 aliphatic carbocycles. The van der Waals surface area contributed by atoms with Crippen molar-refractivity contribution in [2.45, 2.75) is 6.54 Å². The van der Waals surface area contributed by atoms with Crippen LogP contribution in [-0.2, 0) is 6.54 Å². The van der Waals surface area contributed by atoms with E-state index < -0.39 is 0 Å². The van der Waals surface area contributed by atoms with Crippen LogP contribution in [0, 0.1) is 5.82 Å². The zero-order chi connectivity index (χ0) is 16.5. The van der Waals surface area contributed by atoms with Gasteiger partial charge in [-0.2, -0.15) is 4.80 Å². The topological polar surface area (TPSA) is 62.1 Å². The smallest absolute Gasteiger partial charge is 0.204 e. The predicted octanol–water partition coefficient (Wildman–Crippen LogP) is 2.95. The van der Waals surface area contributed by atoms with Crippen molar-refractivity contribution in [3.8, 4) is 22.9 Å². The van der Waals surface area contributed by atoms with Gasteiger partial charge in [0.05, 0.1) is 11.6 Å². The number of hydrogen-bond donors (Lipinski definition) is 0. The number of ether oxygens (including phenoxy) is 2. The van der Waals surface area contributed by atoms with Crippen LogP contribution in [-0.4, -0.2) is 33.4 Å². The average Bonchev–Trinajstić information content (AvgIpc) is 3.04. The molecule has 0 saturated carbocycles. The number of hydrogen-bond acceptors (Lipinski definition) is 5. The van der Waals surface area contributed by atoms with Crippen LogP contribution < -0.4 is 9.47 Å². The summed E-state index contributed by atoms with van der Waals surface area (Å²) in [5.41, 5.74) is 1.56. The molecule has 0 saturated heterocycles. The highest BCUT2D eigenvalue weighted by Crippen LogP contribution is 2.38. The number of nitrogens with zero attached hydrogens (tertiary/aromatic N) is 4. The maximum atomic E-state index is 13.0. The fourth-order valence-corrected chi connectivity index (χ4v) is 2.73. The summed E-state index contributed by atoms with van der Waals surface area (Å²) in [7, 11) is 0. The summed E-state index contributed by atoms with van der Waals surface area (Å²) in [6.07, 6.45) is 0. The van der Waals surface area contributed by atoms with Crippen LogP contribution in [0.5, 0.6) is 11.5 Å². The molecule has 0 atom stereocenters. The Morgan fingerprint density at radius 2 is 1.92 bits per heavy atom. The Morgan fingerprint density at radius 3 is 2.75 bits per heavy atom. The summed E-state index contributed by atoms with van der Waals surface area (Å²) >= 11 is 6.22. The molecule has 24 heavy (non-hydrogen) atoms. The molecule has 8 heteroatoms. The van der Waals surface area contributed by atoms with Gasteiger partial charge in [0.1, 0.15) is 19.0 Å². The van der Waals surface area contributed by atoms with E-state index in [1.165, 1.54) is 16.9 Å². The van der Waals surface area contributed by atoms with Crippen LogP contribution in [0.3, 0.4) is 0 Å². The molecule has 0 amide bonds. The van der Waals surface area contributed by atoms with E-state index >= 15 is 0 Å². The second-order valence-electron chi connectivity index (χ2n) is 5.25. The summed E-state index contributed by atoms with van der Waals surface area (Å²) in [6.45, 7) is 1.35. The zero-order valence-corrected chi connectivity index (χ0v) is 13.2. The van der Waals surface area contributed by atoms with E-state index in [0.717, 1.165) is 5.56 Å². The van der Waals surface area contributed by atoms with Crippen LogP contribution >= 0.6 is 11.6 Å². The largest absolute Gasteiger partial charge is 0.486 e. The predicted molar refractivity (Wildman–Crippen MR) is 84.8 cm³/mol. The molecule has 6 nitrogen and oxygen atoms in total. The molecule has 0 fully saturated rings. The molecule has 1 aliphatic heterocycles. The molecular weight excluding hydrogens is 335 g/mol. The number of halogens is 2. The Kier molecular flexibility index (Phi) is 3.78. The first-order valence-corrected chi connectivity index (χ1v) is 7.68. The molecule has 4 rings (SSSR count). The van der Waals surface area contributed by atoms with Crippen molar-refractivity contribution in [2.24, 2.45) is 0 Å². The first kappa shape index (κ1) is 14.9. The lowest BCUT2D eigenvalue weighted by Gasteiger charge is -2.20. The van der Waals surface area contributed by atoms with Crippen LogP contribution in [0.2, 0.25) is 5.02 Å². The van der Waals surface area contributed by atoms with Gasteiger partial charge in [-0.25, -0.2) is 4.39 Å². The highest BCUT2D eigenvalue weighted by molar-refractivity contribution is 6.32. The van der Waals surface area contributed by atoms with Gasteiger partial charge in [-0.1, -0.05) is 11.6 Å². The van der Waals surface area contributed by atoms with E-state index in [1.54, 1.807) is 18.2 Å². The lowest BCUT2D eigenvalue weighted by atomic mass is 10.2. The quantitative estimate of drug-likeness (QED) is 0.729. The van der Waals surface area contributed by atoms with Crippen molar-refractivity contribution in [1.29, 1.82) is 0 Å². The molecule has 0 spiro atoms. The average molecular weight is 347 g/mol. The van der Waals surface area contributed by atoms with E-state index in [2.05, 4.69) is 15.4 Å². The number of fused-ring (bicyclic) bond motifs is 1. The fraction of sp³-hybridized carbons (Fsp3) is 0.188. The van der Waals surface area contributed by atoms with Crippen molar-refractivity contribution < 1.29 is 13.9 Å². The monoisotopic (exact) mass is 346 g/mol. The normalized spacial score (nSPS) is 13.1. The van der Waals surface area contributed by atoms with Gasteiger partial charge in [-0.15, -0.1) is 10.2 Å². The third-order valence-electron chi connectivity index (χ3n) is 3.54. The highest BCUT2D eigenvalue weighted by atomic mass is 35.5. The second-order valence-corrected chi connectivity index (χ2v) is 5.66. The van der Waals surface area contributed by atoms with Gasteiger partial charge < -0.3 is 9.47 Å². The third kappa shape index (κ3) is 2.90. The van der Waals surface area contributed by atoms with Gasteiger partial charge in [0, 0.05) is 5.56 Å². The third-order valence-corrected chi connectivity index (χ3v) is 3.82. The van der Waals surface area contributed by atoms with Gasteiger partial charge in [0.2, 0.25) is 5.82 Å². The Labute approximate surface area is 141 Å². The van der Waals surface area contributed by atoms with Crippen LogP contribution in [0.25, 0.3) is 11.4 Å². The summed E-state index contributed by atoms with van der Waals surface area (Å²) in [5.74, 6) is 1.29. The van der Waals surface area contributed by atoms with Gasteiger partial charge >= 0.3 is 0 Å². The summed E-state index contributed by atoms with van der Waals surface area (Å²) in [4.78, 5) is 1.44. The Hall–Kier alpha value is -2.67. The number of aromatic nitrogens is 4. The summed E-state index contributed by atoms with van der Waals surface area (Å²) in [5, 5.41) is 12.8. The Morgan fingerprint density at radius 1 is 1.12 bits per heavy atom. The van der Waals surface area contributed by atoms with Crippen LogP contribution in [0.1, 0.15) is 5.56 Å². The molecule has 3 aromatic rings. The van der Waals surface area contributed by atoms with E-state index in [0.29, 0.717) is 47.7 Å². The van der Waals surface area contributed by atoms with Gasteiger partial charge in [-0.05, 0) is 47.2 Å². The van der Waals surface area contributed by atoms with Gasteiger partial charge in [0.25, 0.3) is 0 Å². The molecule has 2 aromatic carbocycles. The van der Waals surface area contributed by atoms with E-state index in [4.69, 9.17) is 21.1 Å². The number of tetrazole rings is 1. The maximum Gasteiger partial charge on any atom is 0.204 e. The summed E-state index contributed by atoms with van der Waals surface area (Å²) in [6, 6.07) is 9.57. The van der Waals surface area contributed by atoms with Crippen molar-refractivity contribution in [1.82, 2.24) is 20.2 Å². The van der Waals surface area contributed by atoms with Gasteiger partial charge in [-0.3, -0.25) is 0 Å². The maximum absolute atomic E-state index is 13.0. The minimum absolute atomic E-state index is 0.308. The first-order valence-electron chi connectivity index (χ1n) is 7.31. The molecule has 0 unspecified atom stereocenters. The Bertz CT molecular complexity index is 882. The molecule has 2 heterocycles. The Balaban J connectivity index is 1.58. The molecule has 0 bridgehead atoms. The molecule has 0 N–H and O–H groups in total. The molecular formula is C16H12ClFN4O2. The van der Waals surface area contributed by atoms with Gasteiger partial charge in [0.15, 0.2) is 11.5 Å². The van der Waals surface area contributed by atoms with Crippen molar-refractivity contribution in [2.75, 3.05) is 13.2 Å². The lowest BCUT2D eigenvalue weighted by Crippen LogP contribution is -2.16. The first-order chi connectivity index (χ1) is 11.7. The standard InChI is InChI=1S/C16H12ClFN4O2/c17-13-7-10(8-14-15(13)24-6-5-23-14)9-22-20-16(19-21-22)11-1-3-12(18)4-2-11/h1-4,7-8H,5-6,9H2. The van der Waals surface area contributed by atoms with E-state index in [9.17, 15) is 4.39 Å². The number of rotatable bonds is 3. The minimum atomic E-state index is -0.308. The highest BCUT2D eigenvalue weighted by Gasteiger charge is 2.17. The van der Waals surface area contributed by atoms with E-state index in [-0.39, 0.29) is 5.82 Å².